The van der Waals surface area contributed by atoms with Crippen LogP contribution in [0.4, 0.5) is 10.5 Å². The fourth-order valence-electron chi connectivity index (χ4n) is 2.05. The molecule has 3 N–H and O–H groups in total. The summed E-state index contributed by atoms with van der Waals surface area (Å²) in [5.41, 5.74) is 0.967. The normalized spacial score (nSPS) is 11.1. The second-order valence-electron chi connectivity index (χ2n) is 5.05. The summed E-state index contributed by atoms with van der Waals surface area (Å²) in [4.78, 5) is 30.6. The molecule has 0 aliphatic heterocycles. The van der Waals surface area contributed by atoms with Gasteiger partial charge in [-0.25, -0.2) is 19.5 Å². The van der Waals surface area contributed by atoms with E-state index in [2.05, 4.69) is 15.3 Å². The molecule has 0 saturated carbocycles. The number of nitrogens with zero attached hydrogens (tertiary/aromatic N) is 2. The zero-order chi connectivity index (χ0) is 19.6. The van der Waals surface area contributed by atoms with Crippen LogP contribution in [0, 0.1) is 13.8 Å². The Morgan fingerprint density at radius 1 is 1.23 bits per heavy atom. The lowest BCUT2D eigenvalue weighted by molar-refractivity contribution is 0.102. The number of carbonyl (C=O) groups is 2. The van der Waals surface area contributed by atoms with Gasteiger partial charge in [0.25, 0.3) is 15.9 Å². The highest BCUT2D eigenvalue weighted by Crippen LogP contribution is 2.28. The maximum atomic E-state index is 12.5. The third kappa shape index (κ3) is 4.21. The molecule has 0 radical (unpaired) electrons. The van der Waals surface area contributed by atoms with E-state index in [1.54, 1.807) is 13.8 Å². The molecule has 0 spiro atoms. The summed E-state index contributed by atoms with van der Waals surface area (Å²) in [5.74, 6) is -0.664. The van der Waals surface area contributed by atoms with Crippen LogP contribution in [0.2, 0.25) is 10.2 Å². The molecule has 138 valence electrons. The molecule has 0 saturated heterocycles. The molecule has 0 aromatic carbocycles. The molecule has 26 heavy (non-hydrogen) atoms. The van der Waals surface area contributed by atoms with Crippen LogP contribution in [0.25, 0.3) is 0 Å². The van der Waals surface area contributed by atoms with Crippen molar-refractivity contribution >= 4 is 50.9 Å². The molecule has 0 aliphatic carbocycles. The van der Waals surface area contributed by atoms with Crippen molar-refractivity contribution in [3.8, 4) is 0 Å². The Morgan fingerprint density at radius 2 is 1.88 bits per heavy atom. The Hall–Kier alpha value is -2.43. The minimum atomic E-state index is -4.38. The largest absolute Gasteiger partial charge is 0.464 e. The summed E-state index contributed by atoms with van der Waals surface area (Å²) in [6, 6.07) is 2.32. The van der Waals surface area contributed by atoms with E-state index in [4.69, 9.17) is 28.3 Å². The summed E-state index contributed by atoms with van der Waals surface area (Å²) in [6.07, 6.45) is -0.662. The van der Waals surface area contributed by atoms with Gasteiger partial charge in [-0.15, -0.1) is 0 Å². The number of aryl methyl sites for hydroxylation is 1. The van der Waals surface area contributed by atoms with Crippen LogP contribution in [-0.4, -0.2) is 35.5 Å². The van der Waals surface area contributed by atoms with Crippen molar-refractivity contribution < 1.29 is 23.1 Å². The van der Waals surface area contributed by atoms with Gasteiger partial charge in [0.2, 0.25) is 0 Å². The average Bonchev–Trinajstić information content (AvgIpc) is 2.52. The molecule has 0 atom stereocenters. The Bertz CT molecular complexity index is 1010. The van der Waals surface area contributed by atoms with E-state index in [0.29, 0.717) is 11.3 Å². The number of aromatic nitrogens is 2. The quantitative estimate of drug-likeness (QED) is 0.648. The first kappa shape index (κ1) is 19.9. The van der Waals surface area contributed by atoms with Crippen molar-refractivity contribution in [3.63, 3.8) is 0 Å². The molecule has 2 heterocycles. The van der Waals surface area contributed by atoms with Gasteiger partial charge in [0.15, 0.2) is 5.03 Å². The van der Waals surface area contributed by atoms with Crippen molar-refractivity contribution in [2.75, 3.05) is 5.32 Å². The van der Waals surface area contributed by atoms with Gasteiger partial charge in [-0.1, -0.05) is 23.2 Å². The van der Waals surface area contributed by atoms with Crippen molar-refractivity contribution in [3.05, 3.63) is 45.3 Å². The Morgan fingerprint density at radius 3 is 2.50 bits per heavy atom. The molecule has 2 amide bonds. The van der Waals surface area contributed by atoms with E-state index in [1.807, 2.05) is 0 Å². The van der Waals surface area contributed by atoms with E-state index in [9.17, 15) is 18.0 Å². The van der Waals surface area contributed by atoms with E-state index in [1.165, 1.54) is 10.8 Å². The van der Waals surface area contributed by atoms with Crippen molar-refractivity contribution in [1.82, 2.24) is 14.7 Å². The maximum absolute atomic E-state index is 12.5. The standard InChI is InChI=1S/C14H12Cl2N4O5S/c1-6-10(12(16)18-7(2)11(6)15)13(21)19-8-3-4-17-9(5-8)26(24,25)20-14(22)23/h3-5,20H,1-2H3,(H,22,23)(H,17,19,21). The number of carboxylic acid groups (broad SMARTS) is 1. The highest BCUT2D eigenvalue weighted by molar-refractivity contribution is 7.90. The van der Waals surface area contributed by atoms with Crippen molar-refractivity contribution in [2.24, 2.45) is 0 Å². The first-order valence-corrected chi connectivity index (χ1v) is 9.12. The van der Waals surface area contributed by atoms with Gasteiger partial charge >= 0.3 is 6.09 Å². The average molecular weight is 419 g/mol. The summed E-state index contributed by atoms with van der Waals surface area (Å²) in [5, 5.41) is 10.7. The zero-order valence-corrected chi connectivity index (χ0v) is 15.7. The Balaban J connectivity index is 2.36. The van der Waals surface area contributed by atoms with Gasteiger partial charge in [0.1, 0.15) is 5.15 Å². The zero-order valence-electron chi connectivity index (χ0n) is 13.4. The molecule has 0 bridgehead atoms. The lowest BCUT2D eigenvalue weighted by atomic mass is 10.1. The fourth-order valence-corrected chi connectivity index (χ4v) is 3.35. The Labute approximate surface area is 158 Å². The second-order valence-corrected chi connectivity index (χ2v) is 7.41. The predicted molar refractivity (Wildman–Crippen MR) is 94.3 cm³/mol. The minimum absolute atomic E-state index is 0.0344. The van der Waals surface area contributed by atoms with E-state index in [0.717, 1.165) is 12.3 Å². The topological polar surface area (TPSA) is 138 Å². The first-order chi connectivity index (χ1) is 12.0. The van der Waals surface area contributed by atoms with Crippen molar-refractivity contribution in [2.45, 2.75) is 18.9 Å². The van der Waals surface area contributed by atoms with E-state index >= 15 is 0 Å². The number of anilines is 1. The van der Waals surface area contributed by atoms with Crippen LogP contribution in [0.3, 0.4) is 0 Å². The molecule has 12 heteroatoms. The van der Waals surface area contributed by atoms with E-state index in [-0.39, 0.29) is 21.4 Å². The maximum Gasteiger partial charge on any atom is 0.418 e. The highest BCUT2D eigenvalue weighted by atomic mass is 35.5. The minimum Gasteiger partial charge on any atom is -0.464 e. The van der Waals surface area contributed by atoms with Crippen LogP contribution in [0.15, 0.2) is 23.4 Å². The fraction of sp³-hybridized carbons (Fsp3) is 0.143. The third-order valence-corrected chi connectivity index (χ3v) is 5.26. The first-order valence-electron chi connectivity index (χ1n) is 6.88. The molecular weight excluding hydrogens is 407 g/mol. The molecule has 0 aliphatic rings. The lowest BCUT2D eigenvalue weighted by Crippen LogP contribution is -2.29. The summed E-state index contributed by atoms with van der Waals surface area (Å²) in [7, 11) is -4.38. The van der Waals surface area contributed by atoms with Crippen LogP contribution in [0.5, 0.6) is 0 Å². The molecule has 9 nitrogen and oxygen atoms in total. The van der Waals surface area contributed by atoms with Gasteiger partial charge in [0, 0.05) is 18.0 Å². The van der Waals surface area contributed by atoms with Gasteiger partial charge in [-0.2, -0.15) is 8.42 Å². The molecule has 0 fully saturated rings. The number of pyridine rings is 2. The number of nitrogens with one attached hydrogen (secondary N) is 2. The van der Waals surface area contributed by atoms with Crippen LogP contribution >= 0.6 is 23.2 Å². The van der Waals surface area contributed by atoms with Gasteiger partial charge in [-0.3, -0.25) is 4.79 Å². The van der Waals surface area contributed by atoms with Gasteiger partial charge in [0.05, 0.1) is 16.3 Å². The predicted octanol–water partition coefficient (Wildman–Crippen LogP) is 2.61. The number of hydrogen-bond acceptors (Lipinski definition) is 6. The number of carbonyl (C=O) groups excluding carboxylic acids is 1. The molecule has 2 rings (SSSR count). The number of hydrogen-bond donors (Lipinski definition) is 3. The summed E-state index contributed by atoms with van der Waals surface area (Å²) < 4.78 is 25.0. The van der Waals surface area contributed by atoms with Crippen LogP contribution in [-0.2, 0) is 10.0 Å². The molecule has 2 aromatic heterocycles. The smallest absolute Gasteiger partial charge is 0.418 e. The Kier molecular flexibility index (Phi) is 5.69. The summed E-state index contributed by atoms with van der Waals surface area (Å²) >= 11 is 12.1. The lowest BCUT2D eigenvalue weighted by Gasteiger charge is -2.12. The van der Waals surface area contributed by atoms with E-state index < -0.39 is 27.0 Å². The SMILES string of the molecule is Cc1nc(Cl)c(C(=O)Nc2ccnc(S(=O)(=O)NC(=O)O)c2)c(C)c1Cl. The number of halogens is 2. The van der Waals surface area contributed by atoms with Gasteiger partial charge < -0.3 is 10.4 Å². The second kappa shape index (κ2) is 7.44. The van der Waals surface area contributed by atoms with Crippen LogP contribution < -0.4 is 10.0 Å². The third-order valence-electron chi connectivity index (χ3n) is 3.21. The van der Waals surface area contributed by atoms with Crippen LogP contribution in [0.1, 0.15) is 21.6 Å². The molecule has 2 aromatic rings. The number of amides is 2. The van der Waals surface area contributed by atoms with Gasteiger partial charge in [-0.05, 0) is 25.5 Å². The summed E-state index contributed by atoms with van der Waals surface area (Å²) in [6.45, 7) is 3.23. The monoisotopic (exact) mass is 418 g/mol. The molecular formula is C14H12Cl2N4O5S. The van der Waals surface area contributed by atoms with Crippen molar-refractivity contribution in [1.29, 1.82) is 0 Å². The number of sulfonamides is 1. The molecule has 0 unspecified atom stereocenters. The number of rotatable bonds is 4. The highest BCUT2D eigenvalue weighted by Gasteiger charge is 2.22.